The summed E-state index contributed by atoms with van der Waals surface area (Å²) in [6, 6.07) is 8.69. The summed E-state index contributed by atoms with van der Waals surface area (Å²) >= 11 is 0. The summed E-state index contributed by atoms with van der Waals surface area (Å²) in [6.45, 7) is 9.75. The molecule has 1 aromatic carbocycles. The molecule has 0 aliphatic rings. The van der Waals surface area contributed by atoms with E-state index in [0.29, 0.717) is 0 Å². The molecular formula is C24H43NO. The van der Waals surface area contributed by atoms with Crippen molar-refractivity contribution in [3.63, 3.8) is 0 Å². The zero-order valence-corrected chi connectivity index (χ0v) is 17.7. The van der Waals surface area contributed by atoms with Crippen molar-refractivity contribution >= 4 is 0 Å². The van der Waals surface area contributed by atoms with Crippen molar-refractivity contribution in [3.05, 3.63) is 35.4 Å². The first-order valence-electron chi connectivity index (χ1n) is 11.2. The zero-order chi connectivity index (χ0) is 19.0. The molecule has 0 aromatic heterocycles. The maximum atomic E-state index is 10.7. The minimum absolute atomic E-state index is 0.368. The molecule has 1 aromatic rings. The summed E-state index contributed by atoms with van der Waals surface area (Å²) in [5, 5.41) is 10.7. The molecule has 0 amide bonds. The molecule has 2 nitrogen and oxygen atoms in total. The molecule has 0 spiro atoms. The van der Waals surface area contributed by atoms with Crippen LogP contribution >= 0.6 is 0 Å². The third kappa shape index (κ3) is 10.3. The summed E-state index contributed by atoms with van der Waals surface area (Å²) in [7, 11) is 0. The Bertz CT molecular complexity index is 418. The van der Waals surface area contributed by atoms with Gasteiger partial charge in [-0.2, -0.15) is 0 Å². The molecule has 2 heteroatoms. The molecule has 0 aliphatic heterocycles. The van der Waals surface area contributed by atoms with Gasteiger partial charge in [-0.25, -0.2) is 0 Å². The van der Waals surface area contributed by atoms with Gasteiger partial charge in [0.25, 0.3) is 0 Å². The lowest BCUT2D eigenvalue weighted by atomic mass is 10.0. The Morgan fingerprint density at radius 3 is 1.81 bits per heavy atom. The number of nitrogens with zero attached hydrogens (tertiary/aromatic N) is 1. The van der Waals surface area contributed by atoms with E-state index in [0.717, 1.165) is 31.6 Å². The monoisotopic (exact) mass is 361 g/mol. The van der Waals surface area contributed by atoms with Crippen LogP contribution in [0.5, 0.6) is 0 Å². The first kappa shape index (κ1) is 23.2. The molecule has 0 fully saturated rings. The highest BCUT2D eigenvalue weighted by Crippen LogP contribution is 2.18. The minimum atomic E-state index is -0.368. The highest BCUT2D eigenvalue weighted by molar-refractivity contribution is 5.24. The van der Waals surface area contributed by atoms with Gasteiger partial charge in [-0.3, -0.25) is 0 Å². The Balaban J connectivity index is 2.48. The second-order valence-electron chi connectivity index (χ2n) is 7.78. The number of hydrogen-bond donors (Lipinski definition) is 1. The number of hydrogen-bond acceptors (Lipinski definition) is 2. The summed E-state index contributed by atoms with van der Waals surface area (Å²) < 4.78 is 0. The smallest absolute Gasteiger partial charge is 0.0916 e. The van der Waals surface area contributed by atoms with Crippen molar-refractivity contribution in [2.45, 2.75) is 97.5 Å². The fraction of sp³-hybridized carbons (Fsp3) is 0.750. The van der Waals surface area contributed by atoms with Gasteiger partial charge in [0.05, 0.1) is 6.10 Å². The molecule has 0 heterocycles. The fourth-order valence-corrected chi connectivity index (χ4v) is 3.48. The van der Waals surface area contributed by atoms with Crippen LogP contribution in [0.1, 0.15) is 102 Å². The lowest BCUT2D eigenvalue weighted by Crippen LogP contribution is -2.30. The first-order chi connectivity index (χ1) is 12.7. The van der Waals surface area contributed by atoms with Gasteiger partial charge in [-0.05, 0) is 49.9 Å². The lowest BCUT2D eigenvalue weighted by molar-refractivity contribution is 0.110. The Morgan fingerprint density at radius 2 is 1.27 bits per heavy atom. The largest absolute Gasteiger partial charge is 0.387 e. The van der Waals surface area contributed by atoms with E-state index in [9.17, 15) is 5.11 Å². The lowest BCUT2D eigenvalue weighted by Gasteiger charge is -2.25. The van der Waals surface area contributed by atoms with Crippen molar-refractivity contribution in [3.8, 4) is 0 Å². The van der Waals surface area contributed by atoms with E-state index in [-0.39, 0.29) is 6.10 Å². The third-order valence-corrected chi connectivity index (χ3v) is 5.27. The first-order valence-corrected chi connectivity index (χ1v) is 11.2. The summed E-state index contributed by atoms with van der Waals surface area (Å²) in [4.78, 5) is 2.47. The van der Waals surface area contributed by atoms with Gasteiger partial charge < -0.3 is 10.0 Å². The second kappa shape index (κ2) is 15.2. The number of rotatable bonds is 16. The van der Waals surface area contributed by atoms with E-state index >= 15 is 0 Å². The van der Waals surface area contributed by atoms with Crippen LogP contribution in [0.15, 0.2) is 24.3 Å². The molecule has 0 bridgehead atoms. The molecular weight excluding hydrogens is 318 g/mol. The minimum Gasteiger partial charge on any atom is -0.387 e. The normalized spacial score (nSPS) is 12.7. The van der Waals surface area contributed by atoms with Crippen LogP contribution in [0.2, 0.25) is 0 Å². The van der Waals surface area contributed by atoms with Crippen molar-refractivity contribution in [2.75, 3.05) is 19.6 Å². The molecule has 0 radical (unpaired) electrons. The molecule has 0 saturated carbocycles. The molecule has 0 unspecified atom stereocenters. The van der Waals surface area contributed by atoms with Crippen LogP contribution in [0.3, 0.4) is 0 Å². The number of aryl methyl sites for hydroxylation is 1. The molecule has 0 aliphatic carbocycles. The second-order valence-corrected chi connectivity index (χ2v) is 7.78. The van der Waals surface area contributed by atoms with Gasteiger partial charge in [0, 0.05) is 6.54 Å². The van der Waals surface area contributed by atoms with Gasteiger partial charge in [0.2, 0.25) is 0 Å². The fourth-order valence-electron chi connectivity index (χ4n) is 3.48. The van der Waals surface area contributed by atoms with Crippen LogP contribution < -0.4 is 0 Å². The molecule has 0 saturated heterocycles. The number of benzene rings is 1. The van der Waals surface area contributed by atoms with Crippen LogP contribution in [0, 0.1) is 0 Å². The standard InChI is InChI=1S/C24H43NO/c1-4-7-10-11-14-22-15-17-23(18-16-22)24(26)21-25(19-12-8-5-2)20-13-9-6-3/h15-18,24,26H,4-14,19-21H2,1-3H3/t24-/m0/s1. The highest BCUT2D eigenvalue weighted by atomic mass is 16.3. The van der Waals surface area contributed by atoms with Gasteiger partial charge in [-0.15, -0.1) is 0 Å². The molecule has 1 rings (SSSR count). The predicted molar refractivity (Wildman–Crippen MR) is 115 cm³/mol. The van der Waals surface area contributed by atoms with Crippen LogP contribution in [0.25, 0.3) is 0 Å². The van der Waals surface area contributed by atoms with Gasteiger partial charge in [0.1, 0.15) is 0 Å². The number of aliphatic hydroxyl groups is 1. The van der Waals surface area contributed by atoms with Crippen molar-refractivity contribution in [1.29, 1.82) is 0 Å². The van der Waals surface area contributed by atoms with E-state index < -0.39 is 0 Å². The number of aliphatic hydroxyl groups excluding tert-OH is 1. The van der Waals surface area contributed by atoms with E-state index in [1.54, 1.807) is 0 Å². The number of unbranched alkanes of at least 4 members (excludes halogenated alkanes) is 7. The summed E-state index contributed by atoms with van der Waals surface area (Å²) in [5.74, 6) is 0. The quantitative estimate of drug-likeness (QED) is 0.339. The highest BCUT2D eigenvalue weighted by Gasteiger charge is 2.13. The maximum Gasteiger partial charge on any atom is 0.0916 e. The molecule has 1 atom stereocenters. The molecule has 1 N–H and O–H groups in total. The molecule has 26 heavy (non-hydrogen) atoms. The van der Waals surface area contributed by atoms with E-state index in [4.69, 9.17) is 0 Å². The van der Waals surface area contributed by atoms with Crippen molar-refractivity contribution in [2.24, 2.45) is 0 Å². The zero-order valence-electron chi connectivity index (χ0n) is 17.7. The van der Waals surface area contributed by atoms with Crippen LogP contribution in [-0.4, -0.2) is 29.6 Å². The van der Waals surface area contributed by atoms with E-state index in [2.05, 4.69) is 49.9 Å². The van der Waals surface area contributed by atoms with Gasteiger partial charge in [-0.1, -0.05) is 90.0 Å². The Morgan fingerprint density at radius 1 is 0.731 bits per heavy atom. The SMILES string of the molecule is CCCCCCc1ccc([C@@H](O)CN(CCCCC)CCCCC)cc1. The van der Waals surface area contributed by atoms with Crippen LogP contribution in [-0.2, 0) is 6.42 Å². The predicted octanol–water partition coefficient (Wildman–Crippen LogP) is 6.53. The Hall–Kier alpha value is -0.860. The van der Waals surface area contributed by atoms with Gasteiger partial charge >= 0.3 is 0 Å². The van der Waals surface area contributed by atoms with E-state index in [1.807, 2.05) is 0 Å². The average molecular weight is 362 g/mol. The van der Waals surface area contributed by atoms with Crippen LogP contribution in [0.4, 0.5) is 0 Å². The van der Waals surface area contributed by atoms with Gasteiger partial charge in [0.15, 0.2) is 0 Å². The average Bonchev–Trinajstić information content (AvgIpc) is 2.66. The summed E-state index contributed by atoms with van der Waals surface area (Å²) in [5.41, 5.74) is 2.47. The Labute approximate surface area is 163 Å². The Kier molecular flexibility index (Phi) is 13.6. The van der Waals surface area contributed by atoms with Crippen molar-refractivity contribution in [1.82, 2.24) is 4.90 Å². The van der Waals surface area contributed by atoms with E-state index in [1.165, 1.54) is 69.8 Å². The van der Waals surface area contributed by atoms with Crippen molar-refractivity contribution < 1.29 is 5.11 Å². The molecule has 150 valence electrons. The topological polar surface area (TPSA) is 23.5 Å². The maximum absolute atomic E-state index is 10.7. The third-order valence-electron chi connectivity index (χ3n) is 5.27. The summed E-state index contributed by atoms with van der Waals surface area (Å²) in [6.07, 6.45) is 13.6.